The Morgan fingerprint density at radius 2 is 1.62 bits per heavy atom. The van der Waals surface area contributed by atoms with Crippen LogP contribution in [0.25, 0.3) is 0 Å². The Morgan fingerprint density at radius 3 is 2.00 bits per heavy atom. The van der Waals surface area contributed by atoms with E-state index in [0.717, 1.165) is 0 Å². The van der Waals surface area contributed by atoms with Gasteiger partial charge in [-0.2, -0.15) is 4.99 Å². The highest BCUT2D eigenvalue weighted by Gasteiger charge is 2.10. The second kappa shape index (κ2) is 12.3. The van der Waals surface area contributed by atoms with Crippen molar-refractivity contribution in [3.63, 3.8) is 0 Å². The average Bonchev–Trinajstić information content (AvgIpc) is 2.41. The lowest BCUT2D eigenvalue weighted by Crippen LogP contribution is -2.32. The van der Waals surface area contributed by atoms with Crippen molar-refractivity contribution in [1.82, 2.24) is 9.80 Å². The molecule has 0 saturated heterocycles. The fourth-order valence-electron chi connectivity index (χ4n) is 1.05. The van der Waals surface area contributed by atoms with E-state index in [1.807, 2.05) is 14.1 Å². The first-order chi connectivity index (χ1) is 10.5. The summed E-state index contributed by atoms with van der Waals surface area (Å²) < 4.78 is 5.50. The standard InChI is InChI=1S/C12H15Cl2N3OS.CH3NOS.ClH/c1-16(2)11(18-12(19)17(3)4)15-8-5-6-9(13)10(14)7-8;2-1(3)4;/h5-7H,1-4H3;(H3,2,3,4);1H. The van der Waals surface area contributed by atoms with Crippen molar-refractivity contribution in [2.45, 2.75) is 0 Å². The Bertz CT molecular complexity index is 595. The number of aliphatic imine (C=N–C) groups is 1. The third-order valence-electron chi connectivity index (χ3n) is 2.05. The molecule has 0 unspecified atom stereocenters. The monoisotopic (exact) mass is 432 g/mol. The van der Waals surface area contributed by atoms with E-state index in [2.05, 4.69) is 22.9 Å². The van der Waals surface area contributed by atoms with Crippen LogP contribution in [0.3, 0.4) is 0 Å². The highest BCUT2D eigenvalue weighted by atomic mass is 35.5. The van der Waals surface area contributed by atoms with Crippen molar-refractivity contribution in [3.05, 3.63) is 28.2 Å². The van der Waals surface area contributed by atoms with Crippen LogP contribution in [0.5, 0.6) is 0 Å². The van der Waals surface area contributed by atoms with Crippen LogP contribution in [0.15, 0.2) is 23.2 Å². The number of aliphatic hydroxyl groups is 1. The maximum absolute atomic E-state index is 7.56. The maximum Gasteiger partial charge on any atom is 0.299 e. The lowest BCUT2D eigenvalue weighted by Gasteiger charge is -2.19. The smallest absolute Gasteiger partial charge is 0.299 e. The third kappa shape index (κ3) is 10.7. The van der Waals surface area contributed by atoms with Crippen LogP contribution >= 0.6 is 60.0 Å². The van der Waals surface area contributed by atoms with Gasteiger partial charge < -0.3 is 25.4 Å². The van der Waals surface area contributed by atoms with Gasteiger partial charge in [0.05, 0.1) is 15.7 Å². The lowest BCUT2D eigenvalue weighted by molar-refractivity contribution is 0.379. The SMILES string of the molecule is CN(C)C(=S)OC(=Nc1ccc(Cl)c(Cl)c1)N(C)C.Cl.NC(O)=S. The molecular formula is C13H19Cl3N4O2S2. The summed E-state index contributed by atoms with van der Waals surface area (Å²) in [5, 5.41) is 8.32. The van der Waals surface area contributed by atoms with E-state index in [9.17, 15) is 0 Å². The van der Waals surface area contributed by atoms with Crippen LogP contribution in [-0.4, -0.2) is 59.5 Å². The number of halogens is 3. The molecule has 1 rings (SSSR count). The van der Waals surface area contributed by atoms with E-state index in [0.29, 0.717) is 26.9 Å². The van der Waals surface area contributed by atoms with Gasteiger partial charge in [0.25, 0.3) is 16.4 Å². The molecule has 0 aliphatic heterocycles. The number of hydrogen-bond acceptors (Lipinski definition) is 4. The number of rotatable bonds is 1. The van der Waals surface area contributed by atoms with Crippen molar-refractivity contribution in [2.75, 3.05) is 28.2 Å². The number of nitrogens with two attached hydrogens (primary N) is 1. The van der Waals surface area contributed by atoms with E-state index < -0.39 is 5.17 Å². The van der Waals surface area contributed by atoms with E-state index in [1.54, 1.807) is 42.1 Å². The molecule has 0 heterocycles. The summed E-state index contributed by atoms with van der Waals surface area (Å²) >= 11 is 20.8. The number of aliphatic hydroxyl groups excluding tert-OH is 1. The summed E-state index contributed by atoms with van der Waals surface area (Å²) in [5.74, 6) is 0. The van der Waals surface area contributed by atoms with Crippen molar-refractivity contribution in [3.8, 4) is 0 Å². The topological polar surface area (TPSA) is 74.3 Å². The average molecular weight is 434 g/mol. The minimum Gasteiger partial charge on any atom is -0.487 e. The van der Waals surface area contributed by atoms with Gasteiger partial charge >= 0.3 is 0 Å². The van der Waals surface area contributed by atoms with Crippen molar-refractivity contribution < 1.29 is 9.84 Å². The Balaban J connectivity index is 0. The van der Waals surface area contributed by atoms with Gasteiger partial charge in [-0.3, -0.25) is 0 Å². The zero-order valence-electron chi connectivity index (χ0n) is 13.5. The summed E-state index contributed by atoms with van der Waals surface area (Å²) in [5.41, 5.74) is 5.04. The Labute approximate surface area is 168 Å². The molecule has 0 saturated carbocycles. The van der Waals surface area contributed by atoms with Gasteiger partial charge in [0.15, 0.2) is 0 Å². The van der Waals surface area contributed by atoms with Crippen LogP contribution < -0.4 is 5.73 Å². The van der Waals surface area contributed by atoms with Crippen LogP contribution in [0.1, 0.15) is 0 Å². The minimum atomic E-state index is -0.500. The summed E-state index contributed by atoms with van der Waals surface area (Å²) in [6.07, 6.45) is 0. The molecule has 0 atom stereocenters. The largest absolute Gasteiger partial charge is 0.487 e. The first kappa shape index (κ1) is 25.2. The zero-order valence-corrected chi connectivity index (χ0v) is 17.4. The molecule has 3 N–H and O–H groups in total. The van der Waals surface area contributed by atoms with Crippen LogP contribution in [-0.2, 0) is 4.74 Å². The summed E-state index contributed by atoms with van der Waals surface area (Å²) in [6, 6.07) is 5.47. The molecular weight excluding hydrogens is 415 g/mol. The highest BCUT2D eigenvalue weighted by molar-refractivity contribution is 7.80. The number of hydrogen-bond donors (Lipinski definition) is 2. The summed E-state index contributed by atoms with van der Waals surface area (Å²) in [6.45, 7) is 0. The van der Waals surface area contributed by atoms with E-state index >= 15 is 0 Å². The molecule has 0 amide bonds. The molecule has 0 aliphatic carbocycles. The molecule has 0 radical (unpaired) electrons. The second-order valence-electron chi connectivity index (χ2n) is 4.49. The number of ether oxygens (including phenoxy) is 1. The third-order valence-corrected chi connectivity index (χ3v) is 3.24. The maximum atomic E-state index is 7.56. The van der Waals surface area contributed by atoms with Crippen LogP contribution in [0.2, 0.25) is 10.0 Å². The van der Waals surface area contributed by atoms with E-state index in [4.69, 9.17) is 45.3 Å². The molecule has 0 aliphatic rings. The van der Waals surface area contributed by atoms with Gasteiger partial charge in [0, 0.05) is 28.2 Å². The molecule has 0 fully saturated rings. The van der Waals surface area contributed by atoms with Gasteiger partial charge in [0.1, 0.15) is 0 Å². The Kier molecular flexibility index (Phi) is 12.9. The minimum absolute atomic E-state index is 0. The molecule has 0 bridgehead atoms. The van der Waals surface area contributed by atoms with Crippen LogP contribution in [0.4, 0.5) is 5.69 Å². The molecule has 1 aromatic rings. The molecule has 11 heteroatoms. The zero-order chi connectivity index (χ0) is 18.2. The number of benzene rings is 1. The summed E-state index contributed by atoms with van der Waals surface area (Å²) in [7, 11) is 7.23. The van der Waals surface area contributed by atoms with Crippen molar-refractivity contribution >= 4 is 82.1 Å². The predicted molar refractivity (Wildman–Crippen MR) is 111 cm³/mol. The van der Waals surface area contributed by atoms with Crippen LogP contribution in [0, 0.1) is 0 Å². The van der Waals surface area contributed by atoms with Gasteiger partial charge in [0.2, 0.25) is 0 Å². The predicted octanol–water partition coefficient (Wildman–Crippen LogP) is 3.62. The Hall–Kier alpha value is -1.06. The highest BCUT2D eigenvalue weighted by Crippen LogP contribution is 2.26. The summed E-state index contributed by atoms with van der Waals surface area (Å²) in [4.78, 5) is 7.75. The van der Waals surface area contributed by atoms with Crippen molar-refractivity contribution in [1.29, 1.82) is 0 Å². The van der Waals surface area contributed by atoms with E-state index in [-0.39, 0.29) is 12.4 Å². The first-order valence-electron chi connectivity index (χ1n) is 6.13. The molecule has 6 nitrogen and oxygen atoms in total. The Morgan fingerprint density at radius 1 is 1.12 bits per heavy atom. The van der Waals surface area contributed by atoms with Gasteiger partial charge in [-0.1, -0.05) is 23.2 Å². The lowest BCUT2D eigenvalue weighted by atomic mass is 10.3. The van der Waals surface area contributed by atoms with Gasteiger partial charge in [-0.05, 0) is 42.6 Å². The first-order valence-corrected chi connectivity index (χ1v) is 7.70. The van der Waals surface area contributed by atoms with Gasteiger partial charge in [-0.15, -0.1) is 12.4 Å². The van der Waals surface area contributed by atoms with E-state index in [1.165, 1.54) is 0 Å². The number of amidine groups is 1. The molecule has 136 valence electrons. The molecule has 0 aromatic heterocycles. The molecule has 1 aromatic carbocycles. The normalized spacial score (nSPS) is 9.83. The van der Waals surface area contributed by atoms with Crippen molar-refractivity contribution in [2.24, 2.45) is 10.7 Å². The second-order valence-corrected chi connectivity index (χ2v) is 6.07. The number of thiocarbonyl (C=S) groups is 2. The number of nitrogens with zero attached hydrogens (tertiary/aromatic N) is 3. The molecule has 0 spiro atoms. The molecule has 24 heavy (non-hydrogen) atoms. The quantitative estimate of drug-likeness (QED) is 0.398. The fourth-order valence-corrected chi connectivity index (χ4v) is 1.42. The van der Waals surface area contributed by atoms with Gasteiger partial charge in [-0.25, -0.2) is 0 Å². The fraction of sp³-hybridized carbons (Fsp3) is 0.308.